The normalized spacial score (nSPS) is 32.2. The van der Waals surface area contributed by atoms with Crippen molar-refractivity contribution in [3.8, 4) is 0 Å². The first-order valence-corrected chi connectivity index (χ1v) is 20.8. The molecule has 7 rings (SSSR count). The van der Waals surface area contributed by atoms with Gasteiger partial charge in [0.15, 0.2) is 23.6 Å². The largest absolute Gasteiger partial charge is 0.456 e. The lowest BCUT2D eigenvalue weighted by atomic mass is 9.44. The minimum atomic E-state index is -2.39. The second-order valence-corrected chi connectivity index (χ2v) is 17.9. The van der Waals surface area contributed by atoms with Crippen molar-refractivity contribution in [3.63, 3.8) is 0 Å². The van der Waals surface area contributed by atoms with Crippen LogP contribution in [0.4, 0.5) is 0 Å². The maximum absolute atomic E-state index is 15.5. The molecule has 2 saturated carbocycles. The predicted octanol–water partition coefficient (Wildman–Crippen LogP) is 3.80. The van der Waals surface area contributed by atoms with Gasteiger partial charge in [0.1, 0.15) is 23.9 Å². The number of Topliss-reactive ketones (excluding diaryl/α,β-unsaturated/α-hetero) is 1. The van der Waals surface area contributed by atoms with Crippen LogP contribution >= 0.6 is 11.3 Å². The third-order valence-corrected chi connectivity index (χ3v) is 14.1. The number of hydrogen-bond acceptors (Lipinski definition) is 15. The topological polar surface area (TPSA) is 221 Å². The van der Waals surface area contributed by atoms with Gasteiger partial charge in [-0.2, -0.15) is 0 Å². The summed E-state index contributed by atoms with van der Waals surface area (Å²) in [5.41, 5.74) is -7.24. The number of amides is 1. The van der Waals surface area contributed by atoms with Gasteiger partial charge in [-0.15, -0.1) is 11.3 Å². The zero-order valence-electron chi connectivity index (χ0n) is 34.5. The van der Waals surface area contributed by atoms with Crippen LogP contribution in [0.15, 0.2) is 89.3 Å². The van der Waals surface area contributed by atoms with E-state index >= 15 is 4.79 Å². The van der Waals surface area contributed by atoms with E-state index in [9.17, 15) is 39.3 Å². The standard InChI is InChI=1S/C45H49NO14S/c1-23-28(58-41(54)34(50)33(26-14-9-7-10-15-26)46-39(52)29-18-13-19-61-29)21-45(55)38(59-40(53)27-16-11-8-12-17-27)36-43(6,30(49)20-31-44(36,22-56-31)60-25(3)48)37(51)35(57-24(2)47)32(23)42(45,4)5/h7-19,28,30-31,33-36,38,49-50,55H,20-22H2,1-6H3,(H,46,52)/t28-,30-,31+,33-,34+,35+,36-,38-,43+,44-,45+/m0/s1. The number of thiophene rings is 1. The zero-order valence-corrected chi connectivity index (χ0v) is 35.3. The first-order chi connectivity index (χ1) is 28.8. The van der Waals surface area contributed by atoms with Crippen LogP contribution in [0.3, 0.4) is 0 Å². The minimum Gasteiger partial charge on any atom is -0.456 e. The first-order valence-electron chi connectivity index (χ1n) is 20.0. The Kier molecular flexibility index (Phi) is 11.6. The summed E-state index contributed by atoms with van der Waals surface area (Å²) in [5.74, 6) is -6.79. The molecule has 1 aromatic heterocycles. The highest BCUT2D eigenvalue weighted by Crippen LogP contribution is 2.64. The SMILES string of the molecule is CC(=O)O[C@H]1C(=O)[C@@]2(C)[C@H]([C@H](OC(=O)c3ccccc3)[C@]3(O)C[C@H](OC(=O)[C@H](O)[C@@H](NC(=O)c4cccs4)c4ccccc4)C(C)=C1C3(C)C)[C@]1(OC(C)=O)CO[C@@H]1C[C@@H]2O. The van der Waals surface area contributed by atoms with Gasteiger partial charge in [-0.1, -0.05) is 68.4 Å². The fourth-order valence-electron chi connectivity index (χ4n) is 9.99. The van der Waals surface area contributed by atoms with Gasteiger partial charge in [-0.25, -0.2) is 9.59 Å². The van der Waals surface area contributed by atoms with Gasteiger partial charge < -0.3 is 44.3 Å². The van der Waals surface area contributed by atoms with Crippen molar-refractivity contribution in [3.05, 3.63) is 105 Å². The van der Waals surface area contributed by atoms with Crippen molar-refractivity contribution in [1.29, 1.82) is 0 Å². The minimum absolute atomic E-state index is 0.000464. The molecule has 2 heterocycles. The Morgan fingerprint density at radius 3 is 2.13 bits per heavy atom. The number of fused-ring (bicyclic) bond motifs is 5. The highest BCUT2D eigenvalue weighted by atomic mass is 32.1. The Morgan fingerprint density at radius 1 is 0.902 bits per heavy atom. The highest BCUT2D eigenvalue weighted by molar-refractivity contribution is 7.12. The lowest BCUT2D eigenvalue weighted by Crippen LogP contribution is -2.82. The summed E-state index contributed by atoms with van der Waals surface area (Å²) >= 11 is 1.16. The number of hydrogen-bond donors (Lipinski definition) is 4. The summed E-state index contributed by atoms with van der Waals surface area (Å²) in [6.07, 6.45) is -10.5. The summed E-state index contributed by atoms with van der Waals surface area (Å²) in [6, 6.07) is 18.1. The summed E-state index contributed by atoms with van der Waals surface area (Å²) in [4.78, 5) is 83.5. The molecule has 4 N–H and O–H groups in total. The highest BCUT2D eigenvalue weighted by Gasteiger charge is 2.78. The summed E-state index contributed by atoms with van der Waals surface area (Å²) < 4.78 is 30.2. The average molecular weight is 860 g/mol. The molecule has 1 aliphatic heterocycles. The van der Waals surface area contributed by atoms with Crippen LogP contribution in [0.5, 0.6) is 0 Å². The number of rotatable bonds is 10. The van der Waals surface area contributed by atoms with E-state index < -0.39 is 113 Å². The van der Waals surface area contributed by atoms with Gasteiger partial charge in [-0.05, 0) is 54.1 Å². The Balaban J connectivity index is 1.39. The number of benzene rings is 2. The van der Waals surface area contributed by atoms with Crippen LogP contribution < -0.4 is 5.32 Å². The van der Waals surface area contributed by atoms with Crippen molar-refractivity contribution in [2.24, 2.45) is 16.7 Å². The maximum Gasteiger partial charge on any atom is 0.338 e. The molecule has 4 aliphatic rings. The first kappa shape index (κ1) is 43.8. The fraction of sp³-hybridized carbons (Fsp3) is 0.467. The van der Waals surface area contributed by atoms with Crippen molar-refractivity contribution in [2.75, 3.05) is 6.61 Å². The van der Waals surface area contributed by atoms with Gasteiger partial charge in [0, 0.05) is 32.1 Å². The van der Waals surface area contributed by atoms with E-state index in [2.05, 4.69) is 5.32 Å². The molecule has 61 heavy (non-hydrogen) atoms. The number of esters is 4. The van der Waals surface area contributed by atoms with Crippen LogP contribution in [0.1, 0.15) is 86.0 Å². The Hall–Kier alpha value is -5.26. The van der Waals surface area contributed by atoms with Gasteiger partial charge in [0.25, 0.3) is 5.91 Å². The molecule has 11 atom stereocenters. The molecule has 1 saturated heterocycles. The quantitative estimate of drug-likeness (QED) is 0.130. The molecule has 0 radical (unpaired) electrons. The van der Waals surface area contributed by atoms with E-state index in [0.717, 1.165) is 25.2 Å². The number of aliphatic hydroxyl groups excluding tert-OH is 2. The van der Waals surface area contributed by atoms with E-state index in [4.69, 9.17) is 23.7 Å². The van der Waals surface area contributed by atoms with Gasteiger partial charge in [0.2, 0.25) is 0 Å². The van der Waals surface area contributed by atoms with E-state index in [0.29, 0.717) is 10.4 Å². The lowest BCUT2D eigenvalue weighted by Gasteiger charge is -2.67. The summed E-state index contributed by atoms with van der Waals surface area (Å²) in [7, 11) is 0. The third kappa shape index (κ3) is 7.27. The van der Waals surface area contributed by atoms with Crippen LogP contribution in [0.2, 0.25) is 0 Å². The predicted molar refractivity (Wildman–Crippen MR) is 216 cm³/mol. The molecule has 3 aliphatic carbocycles. The maximum atomic E-state index is 15.5. The Labute approximate surface area is 356 Å². The molecule has 3 fully saturated rings. The van der Waals surface area contributed by atoms with Gasteiger partial charge >= 0.3 is 23.9 Å². The number of ketones is 1. The number of carbonyl (C=O) groups is 6. The molecule has 1 amide bonds. The lowest BCUT2D eigenvalue weighted by molar-refractivity contribution is -0.346. The van der Waals surface area contributed by atoms with Crippen molar-refractivity contribution in [1.82, 2.24) is 5.32 Å². The number of carbonyl (C=O) groups excluding carboxylic acids is 6. The van der Waals surface area contributed by atoms with E-state index in [1.165, 1.54) is 26.0 Å². The smallest absolute Gasteiger partial charge is 0.338 e. The van der Waals surface area contributed by atoms with Crippen LogP contribution in [0, 0.1) is 16.7 Å². The molecule has 16 heteroatoms. The Morgan fingerprint density at radius 2 is 1.56 bits per heavy atom. The second kappa shape index (κ2) is 16.2. The van der Waals surface area contributed by atoms with E-state index in [-0.39, 0.29) is 29.7 Å². The van der Waals surface area contributed by atoms with Crippen molar-refractivity contribution >= 4 is 46.9 Å². The average Bonchev–Trinajstić information content (AvgIpc) is 3.77. The van der Waals surface area contributed by atoms with Gasteiger partial charge in [-0.3, -0.25) is 19.2 Å². The van der Waals surface area contributed by atoms with E-state index in [1.54, 1.807) is 79.9 Å². The molecule has 0 spiro atoms. The monoisotopic (exact) mass is 859 g/mol. The molecular formula is C45H49NO14S. The molecule has 2 bridgehead atoms. The van der Waals surface area contributed by atoms with Crippen molar-refractivity contribution in [2.45, 2.75) is 108 Å². The van der Waals surface area contributed by atoms with Gasteiger partial charge in [0.05, 0.1) is 40.5 Å². The number of ether oxygens (including phenoxy) is 5. The van der Waals surface area contributed by atoms with Crippen LogP contribution in [0.25, 0.3) is 0 Å². The summed E-state index contributed by atoms with van der Waals surface area (Å²) in [6.45, 7) is 7.98. The van der Waals surface area contributed by atoms with Crippen molar-refractivity contribution < 1.29 is 67.8 Å². The molecule has 0 unspecified atom stereocenters. The zero-order chi connectivity index (χ0) is 44.2. The van der Waals surface area contributed by atoms with Crippen LogP contribution in [-0.4, -0.2) is 105 Å². The van der Waals surface area contributed by atoms with Crippen LogP contribution in [-0.2, 0) is 42.9 Å². The molecular weight excluding hydrogens is 811 g/mol. The molecule has 324 valence electrons. The molecule has 15 nitrogen and oxygen atoms in total. The Bertz CT molecular complexity index is 2240. The number of aliphatic hydroxyl groups is 3. The fourth-order valence-corrected chi connectivity index (χ4v) is 10.6. The summed E-state index contributed by atoms with van der Waals surface area (Å²) in [5, 5.41) is 41.9. The second-order valence-electron chi connectivity index (χ2n) is 17.0. The molecule has 2 aromatic carbocycles. The van der Waals surface area contributed by atoms with E-state index in [1.807, 2.05) is 0 Å². The third-order valence-electron chi connectivity index (χ3n) is 13.2. The number of nitrogens with one attached hydrogen (secondary N) is 1. The molecule has 3 aromatic rings.